The summed E-state index contributed by atoms with van der Waals surface area (Å²) >= 11 is 3.35. The molecule has 102 valence electrons. The van der Waals surface area contributed by atoms with Crippen LogP contribution in [0.3, 0.4) is 0 Å². The van der Waals surface area contributed by atoms with Crippen molar-refractivity contribution in [1.29, 1.82) is 0 Å². The number of nitrogens with one attached hydrogen (secondary N) is 1. The van der Waals surface area contributed by atoms with E-state index in [-0.39, 0.29) is 6.10 Å². The minimum atomic E-state index is 0.204. The van der Waals surface area contributed by atoms with E-state index < -0.39 is 0 Å². The van der Waals surface area contributed by atoms with E-state index in [9.17, 15) is 0 Å². The van der Waals surface area contributed by atoms with Gasteiger partial charge in [0.25, 0.3) is 0 Å². The van der Waals surface area contributed by atoms with Crippen molar-refractivity contribution in [2.45, 2.75) is 32.3 Å². The zero-order chi connectivity index (χ0) is 13.1. The highest BCUT2D eigenvalue weighted by Gasteiger charge is 2.21. The van der Waals surface area contributed by atoms with Gasteiger partial charge in [-0.05, 0) is 19.3 Å². The van der Waals surface area contributed by atoms with Crippen LogP contribution in [0.2, 0.25) is 0 Å². The molecule has 1 aliphatic heterocycles. The predicted molar refractivity (Wildman–Crippen MR) is 79.9 cm³/mol. The molecular weight excluding hydrogens is 278 g/mol. The molecular formula is C13H17N3OS2. The highest BCUT2D eigenvalue weighted by molar-refractivity contribution is 7.16. The Bertz CT molecular complexity index is 531. The number of nitrogens with zero attached hydrogens (tertiary/aromatic N) is 2. The Kier molecular flexibility index (Phi) is 4.10. The van der Waals surface area contributed by atoms with Crippen LogP contribution >= 0.6 is 22.7 Å². The van der Waals surface area contributed by atoms with Crippen molar-refractivity contribution in [3.63, 3.8) is 0 Å². The molecule has 3 heterocycles. The average molecular weight is 295 g/mol. The third-order valence-corrected chi connectivity index (χ3v) is 4.92. The van der Waals surface area contributed by atoms with E-state index in [1.165, 1.54) is 0 Å². The van der Waals surface area contributed by atoms with E-state index in [0.717, 1.165) is 53.1 Å². The molecule has 0 aromatic carbocycles. The van der Waals surface area contributed by atoms with E-state index in [1.807, 2.05) is 6.20 Å². The van der Waals surface area contributed by atoms with E-state index in [4.69, 9.17) is 4.74 Å². The van der Waals surface area contributed by atoms with Gasteiger partial charge in [-0.25, -0.2) is 9.97 Å². The van der Waals surface area contributed by atoms with Gasteiger partial charge in [0.1, 0.15) is 11.1 Å². The molecule has 1 aliphatic rings. The summed E-state index contributed by atoms with van der Waals surface area (Å²) in [5, 5.41) is 7.48. The third kappa shape index (κ3) is 2.96. The van der Waals surface area contributed by atoms with Gasteiger partial charge in [-0.2, -0.15) is 0 Å². The van der Waals surface area contributed by atoms with Gasteiger partial charge >= 0.3 is 0 Å². The Morgan fingerprint density at radius 2 is 2.47 bits per heavy atom. The van der Waals surface area contributed by atoms with Gasteiger partial charge < -0.3 is 10.1 Å². The lowest BCUT2D eigenvalue weighted by atomic mass is 10.2. The van der Waals surface area contributed by atoms with Crippen LogP contribution < -0.4 is 5.32 Å². The number of anilines is 1. The predicted octanol–water partition coefficient (Wildman–Crippen LogP) is 3.94. The molecule has 1 fully saturated rings. The summed E-state index contributed by atoms with van der Waals surface area (Å²) in [6, 6.07) is 0. The Morgan fingerprint density at radius 3 is 3.26 bits per heavy atom. The SMILES string of the molecule is CCCNc1nc(-c2cnc(C3CCCO3)s2)cs1. The summed E-state index contributed by atoms with van der Waals surface area (Å²) in [6.45, 7) is 3.98. The fraction of sp³-hybridized carbons (Fsp3) is 0.538. The van der Waals surface area contributed by atoms with Crippen LogP contribution in [-0.4, -0.2) is 23.1 Å². The summed E-state index contributed by atoms with van der Waals surface area (Å²) < 4.78 is 5.66. The highest BCUT2D eigenvalue weighted by atomic mass is 32.1. The molecule has 0 radical (unpaired) electrons. The lowest BCUT2D eigenvalue weighted by molar-refractivity contribution is 0.111. The van der Waals surface area contributed by atoms with Crippen LogP contribution in [0.1, 0.15) is 37.3 Å². The van der Waals surface area contributed by atoms with Crippen LogP contribution in [0.25, 0.3) is 10.6 Å². The zero-order valence-corrected chi connectivity index (χ0v) is 12.5. The molecule has 19 heavy (non-hydrogen) atoms. The molecule has 0 aliphatic carbocycles. The van der Waals surface area contributed by atoms with Gasteiger partial charge in [0.2, 0.25) is 0 Å². The molecule has 1 saturated heterocycles. The molecule has 2 aromatic heterocycles. The lowest BCUT2D eigenvalue weighted by Crippen LogP contribution is -1.98. The topological polar surface area (TPSA) is 47.0 Å². The molecule has 0 bridgehead atoms. The fourth-order valence-electron chi connectivity index (χ4n) is 2.03. The van der Waals surface area contributed by atoms with Gasteiger partial charge in [0.15, 0.2) is 5.13 Å². The van der Waals surface area contributed by atoms with E-state index in [0.29, 0.717) is 0 Å². The van der Waals surface area contributed by atoms with Crippen molar-refractivity contribution >= 4 is 27.8 Å². The summed E-state index contributed by atoms with van der Waals surface area (Å²) in [7, 11) is 0. The first-order chi connectivity index (χ1) is 9.36. The second kappa shape index (κ2) is 5.98. The Labute approximate surface area is 120 Å². The van der Waals surface area contributed by atoms with Crippen LogP contribution in [0, 0.1) is 0 Å². The molecule has 0 saturated carbocycles. The normalized spacial score (nSPS) is 18.9. The number of hydrogen-bond donors (Lipinski definition) is 1. The Balaban J connectivity index is 1.72. The van der Waals surface area contributed by atoms with Crippen molar-refractivity contribution in [3.8, 4) is 10.6 Å². The average Bonchev–Trinajstić information content (AvgIpc) is 3.14. The minimum Gasteiger partial charge on any atom is -0.371 e. The van der Waals surface area contributed by atoms with Crippen molar-refractivity contribution in [3.05, 3.63) is 16.6 Å². The smallest absolute Gasteiger partial charge is 0.183 e. The van der Waals surface area contributed by atoms with Crippen molar-refractivity contribution in [2.24, 2.45) is 0 Å². The molecule has 4 nitrogen and oxygen atoms in total. The van der Waals surface area contributed by atoms with Crippen molar-refractivity contribution in [2.75, 3.05) is 18.5 Å². The molecule has 1 unspecified atom stereocenters. The minimum absolute atomic E-state index is 0.204. The van der Waals surface area contributed by atoms with Crippen molar-refractivity contribution < 1.29 is 4.74 Å². The lowest BCUT2D eigenvalue weighted by Gasteiger charge is -2.02. The summed E-state index contributed by atoms with van der Waals surface area (Å²) in [4.78, 5) is 10.2. The molecule has 2 aromatic rings. The van der Waals surface area contributed by atoms with Crippen LogP contribution in [0.5, 0.6) is 0 Å². The highest BCUT2D eigenvalue weighted by Crippen LogP contribution is 2.35. The van der Waals surface area contributed by atoms with Crippen LogP contribution in [-0.2, 0) is 4.74 Å². The summed E-state index contributed by atoms with van der Waals surface area (Å²) in [5.41, 5.74) is 1.02. The van der Waals surface area contributed by atoms with Crippen LogP contribution in [0.15, 0.2) is 11.6 Å². The largest absolute Gasteiger partial charge is 0.371 e. The summed E-state index contributed by atoms with van der Waals surface area (Å²) in [5.74, 6) is 0. The number of aromatic nitrogens is 2. The van der Waals surface area contributed by atoms with Gasteiger partial charge in [0.05, 0.1) is 10.6 Å². The Hall–Kier alpha value is -0.980. The van der Waals surface area contributed by atoms with Crippen LogP contribution in [0.4, 0.5) is 5.13 Å². The maximum absolute atomic E-state index is 5.66. The zero-order valence-electron chi connectivity index (χ0n) is 10.9. The number of thiazole rings is 2. The second-order valence-corrected chi connectivity index (χ2v) is 6.45. The maximum atomic E-state index is 5.66. The van der Waals surface area contributed by atoms with Gasteiger partial charge in [-0.15, -0.1) is 22.7 Å². The first kappa shape index (κ1) is 13.0. The molecule has 6 heteroatoms. The summed E-state index contributed by atoms with van der Waals surface area (Å²) in [6.07, 6.45) is 5.46. The maximum Gasteiger partial charge on any atom is 0.183 e. The van der Waals surface area contributed by atoms with Gasteiger partial charge in [0, 0.05) is 24.7 Å². The fourth-order valence-corrected chi connectivity index (χ4v) is 3.80. The number of rotatable bonds is 5. The number of hydrogen-bond acceptors (Lipinski definition) is 6. The van der Waals surface area contributed by atoms with Gasteiger partial charge in [-0.3, -0.25) is 0 Å². The monoisotopic (exact) mass is 295 g/mol. The van der Waals surface area contributed by atoms with Crippen molar-refractivity contribution in [1.82, 2.24) is 9.97 Å². The Morgan fingerprint density at radius 1 is 1.53 bits per heavy atom. The van der Waals surface area contributed by atoms with E-state index in [1.54, 1.807) is 22.7 Å². The van der Waals surface area contributed by atoms with E-state index >= 15 is 0 Å². The standard InChI is InChI=1S/C13H17N3OS2/c1-2-5-14-13-16-9(8-18-13)11-7-15-12(19-11)10-4-3-6-17-10/h7-8,10H,2-6H2,1H3,(H,14,16). The quantitative estimate of drug-likeness (QED) is 0.907. The molecule has 1 atom stereocenters. The molecule has 1 N–H and O–H groups in total. The second-order valence-electron chi connectivity index (χ2n) is 4.53. The molecule has 3 rings (SSSR count). The number of ether oxygens (including phenoxy) is 1. The molecule has 0 spiro atoms. The van der Waals surface area contributed by atoms with Gasteiger partial charge in [-0.1, -0.05) is 6.92 Å². The third-order valence-electron chi connectivity index (χ3n) is 3.01. The first-order valence-corrected chi connectivity index (χ1v) is 8.33. The first-order valence-electron chi connectivity index (χ1n) is 6.64. The van der Waals surface area contributed by atoms with E-state index in [2.05, 4.69) is 27.6 Å². The molecule has 0 amide bonds.